The van der Waals surface area contributed by atoms with Gasteiger partial charge in [-0.2, -0.15) is 0 Å². The fourth-order valence-corrected chi connectivity index (χ4v) is 8.19. The second-order valence-corrected chi connectivity index (χ2v) is 19.0. The number of amides is 1. The van der Waals surface area contributed by atoms with Crippen molar-refractivity contribution in [2.45, 2.75) is 277 Å². The Balaban J connectivity index is 4.72. The van der Waals surface area contributed by atoms with Crippen LogP contribution in [0.25, 0.3) is 0 Å². The minimum Gasteiger partial charge on any atom is -0.462 e. The molecule has 0 saturated carbocycles. The van der Waals surface area contributed by atoms with E-state index in [1.165, 1.54) is 122 Å². The van der Waals surface area contributed by atoms with Crippen LogP contribution in [-0.4, -0.2) is 46.9 Å². The molecule has 6 nitrogen and oxygen atoms in total. The normalized spacial score (nSPS) is 13.9. The number of ether oxygens (including phenoxy) is 1. The molecule has 0 aromatic carbocycles. The van der Waals surface area contributed by atoms with E-state index in [4.69, 9.17) is 4.74 Å². The van der Waals surface area contributed by atoms with Gasteiger partial charge in [0.2, 0.25) is 5.91 Å². The fraction of sp³-hybridized carbons (Fsp3) is 0.710. The van der Waals surface area contributed by atoms with E-state index in [0.717, 1.165) is 83.5 Å². The average molecular weight is 947 g/mol. The highest BCUT2D eigenvalue weighted by atomic mass is 16.5. The Morgan fingerprint density at radius 2 is 0.853 bits per heavy atom. The minimum atomic E-state index is -0.816. The predicted molar refractivity (Wildman–Crippen MR) is 296 cm³/mol. The van der Waals surface area contributed by atoms with Gasteiger partial charge in [0.05, 0.1) is 25.2 Å². The molecule has 3 atom stereocenters. The third kappa shape index (κ3) is 49.2. The van der Waals surface area contributed by atoms with Crippen molar-refractivity contribution < 1.29 is 24.5 Å². The Morgan fingerprint density at radius 1 is 0.456 bits per heavy atom. The maximum Gasteiger partial charge on any atom is 0.306 e. The number of aliphatic hydroxyl groups excluding tert-OH is 2. The van der Waals surface area contributed by atoms with E-state index in [1.807, 2.05) is 6.08 Å². The summed E-state index contributed by atoms with van der Waals surface area (Å²) in [4.78, 5) is 26.2. The van der Waals surface area contributed by atoms with Crippen LogP contribution in [0.2, 0.25) is 0 Å². The van der Waals surface area contributed by atoms with Crippen LogP contribution in [0.4, 0.5) is 0 Å². The number of allylic oxidation sites excluding steroid dienone is 16. The largest absolute Gasteiger partial charge is 0.462 e. The van der Waals surface area contributed by atoms with Crippen molar-refractivity contribution in [1.29, 1.82) is 0 Å². The van der Waals surface area contributed by atoms with Crippen molar-refractivity contribution >= 4 is 11.9 Å². The summed E-state index contributed by atoms with van der Waals surface area (Å²) in [5, 5.41) is 23.9. The fourth-order valence-electron chi connectivity index (χ4n) is 8.19. The number of carbonyl (C=O) groups excluding carboxylic acids is 2. The maximum absolute atomic E-state index is 13.3. The third-order valence-corrected chi connectivity index (χ3v) is 12.5. The smallest absolute Gasteiger partial charge is 0.306 e. The predicted octanol–water partition coefficient (Wildman–Crippen LogP) is 17.7. The first-order valence-electron chi connectivity index (χ1n) is 28.5. The van der Waals surface area contributed by atoms with E-state index in [1.54, 1.807) is 0 Å². The monoisotopic (exact) mass is 946 g/mol. The lowest BCUT2D eigenvalue weighted by Crippen LogP contribution is -2.46. The molecule has 0 rings (SSSR count). The Labute approximate surface area is 420 Å². The van der Waals surface area contributed by atoms with Gasteiger partial charge in [-0.1, -0.05) is 259 Å². The second kappa shape index (κ2) is 54.7. The minimum absolute atomic E-state index is 0.0205. The number of unbranched alkanes of at least 4 members (excludes halogenated alkanes) is 24. The average Bonchev–Trinajstić information content (AvgIpc) is 3.33. The van der Waals surface area contributed by atoms with Crippen LogP contribution < -0.4 is 5.32 Å². The number of hydrogen-bond donors (Lipinski definition) is 3. The molecule has 0 bridgehead atoms. The van der Waals surface area contributed by atoms with Gasteiger partial charge in [0, 0.05) is 6.42 Å². The summed E-state index contributed by atoms with van der Waals surface area (Å²) in [5.41, 5.74) is 0. The lowest BCUT2D eigenvalue weighted by molar-refractivity contribution is -0.150. The zero-order chi connectivity index (χ0) is 49.5. The summed E-state index contributed by atoms with van der Waals surface area (Å²) in [6, 6.07) is -0.734. The van der Waals surface area contributed by atoms with Crippen LogP contribution in [0.5, 0.6) is 0 Å². The molecule has 0 aliphatic carbocycles. The number of hydrogen-bond acceptors (Lipinski definition) is 5. The molecule has 0 fully saturated rings. The molecule has 0 heterocycles. The van der Waals surface area contributed by atoms with Gasteiger partial charge in [-0.05, 0) is 83.5 Å². The van der Waals surface area contributed by atoms with Crippen LogP contribution in [0.3, 0.4) is 0 Å². The molecule has 0 aliphatic rings. The molecular weight excluding hydrogens is 839 g/mol. The van der Waals surface area contributed by atoms with Gasteiger partial charge in [-0.15, -0.1) is 0 Å². The van der Waals surface area contributed by atoms with E-state index in [0.29, 0.717) is 19.3 Å². The van der Waals surface area contributed by atoms with E-state index >= 15 is 0 Å². The number of esters is 1. The topological polar surface area (TPSA) is 95.9 Å². The highest BCUT2D eigenvalue weighted by Crippen LogP contribution is 2.17. The Bertz CT molecular complexity index is 1340. The lowest BCUT2D eigenvalue weighted by Gasteiger charge is -2.24. The summed E-state index contributed by atoms with van der Waals surface area (Å²) in [6.45, 7) is 6.34. The lowest BCUT2D eigenvalue weighted by atomic mass is 10.0. The first kappa shape index (κ1) is 64.8. The van der Waals surface area contributed by atoms with Crippen molar-refractivity contribution in [2.24, 2.45) is 0 Å². The molecule has 0 spiro atoms. The van der Waals surface area contributed by atoms with E-state index in [2.05, 4.69) is 117 Å². The molecule has 0 radical (unpaired) electrons. The Morgan fingerprint density at radius 3 is 1.31 bits per heavy atom. The standard InChI is InChI=1S/C62H107NO5/c1-4-7-10-13-16-19-22-25-28-31-33-36-39-42-45-48-51-54-60(65)59(57-64)63-61(66)56-58(53-50-47-44-41-38-35-32-29-26-23-20-17-14-11-8-5-2)68-62(67)55-52-49-46-43-40-37-34-30-27-24-21-18-15-12-9-6-3/h9,12,18,21,23,26-27,29-30,32,35,37-38,40,46,49,58-60,64-65H,4-8,10-11,13-17,19-20,22,24-25,28,31,33-34,36,39,41-45,47-48,50-57H2,1-3H3,(H,63,66)/b12-9+,21-18+,26-23+,30-27+,32-29+,38-35+,40-37+,49-46+. The molecule has 0 saturated heterocycles. The van der Waals surface area contributed by atoms with Crippen LogP contribution in [0, 0.1) is 0 Å². The van der Waals surface area contributed by atoms with E-state index in [-0.39, 0.29) is 31.3 Å². The summed E-state index contributed by atoms with van der Waals surface area (Å²) in [7, 11) is 0. The number of rotatable bonds is 50. The zero-order valence-corrected chi connectivity index (χ0v) is 44.5. The van der Waals surface area contributed by atoms with Crippen molar-refractivity contribution in [1.82, 2.24) is 5.32 Å². The Hall–Kier alpha value is -3.22. The van der Waals surface area contributed by atoms with Gasteiger partial charge in [0.1, 0.15) is 6.10 Å². The van der Waals surface area contributed by atoms with Gasteiger partial charge in [0.25, 0.3) is 0 Å². The van der Waals surface area contributed by atoms with Gasteiger partial charge in [-0.25, -0.2) is 0 Å². The van der Waals surface area contributed by atoms with Crippen molar-refractivity contribution in [2.75, 3.05) is 6.61 Å². The van der Waals surface area contributed by atoms with Crippen LogP contribution in [0.1, 0.15) is 258 Å². The summed E-state index contributed by atoms with van der Waals surface area (Å²) >= 11 is 0. The van der Waals surface area contributed by atoms with E-state index < -0.39 is 18.2 Å². The maximum atomic E-state index is 13.3. The molecule has 6 heteroatoms. The Kier molecular flexibility index (Phi) is 52.1. The molecule has 68 heavy (non-hydrogen) atoms. The van der Waals surface area contributed by atoms with Gasteiger partial charge in [0.15, 0.2) is 0 Å². The summed E-state index contributed by atoms with van der Waals surface area (Å²) in [6.07, 6.45) is 73.4. The number of aliphatic hydroxyl groups is 2. The highest BCUT2D eigenvalue weighted by molar-refractivity contribution is 5.77. The van der Waals surface area contributed by atoms with Gasteiger partial charge >= 0.3 is 5.97 Å². The van der Waals surface area contributed by atoms with Crippen molar-refractivity contribution in [3.05, 3.63) is 97.2 Å². The molecule has 0 aromatic rings. The molecule has 1 amide bonds. The van der Waals surface area contributed by atoms with Gasteiger partial charge < -0.3 is 20.3 Å². The van der Waals surface area contributed by atoms with Crippen LogP contribution in [0.15, 0.2) is 97.2 Å². The molecular formula is C62H107NO5. The van der Waals surface area contributed by atoms with Crippen molar-refractivity contribution in [3.63, 3.8) is 0 Å². The molecule has 0 aromatic heterocycles. The highest BCUT2D eigenvalue weighted by Gasteiger charge is 2.24. The summed E-state index contributed by atoms with van der Waals surface area (Å²) in [5.74, 6) is -0.609. The molecule has 3 N–H and O–H groups in total. The molecule has 0 aliphatic heterocycles. The van der Waals surface area contributed by atoms with Crippen LogP contribution >= 0.6 is 0 Å². The summed E-state index contributed by atoms with van der Waals surface area (Å²) < 4.78 is 5.89. The van der Waals surface area contributed by atoms with Crippen LogP contribution in [-0.2, 0) is 14.3 Å². The first-order valence-corrected chi connectivity index (χ1v) is 28.5. The number of nitrogens with one attached hydrogen (secondary N) is 1. The first-order chi connectivity index (χ1) is 33.5. The van der Waals surface area contributed by atoms with Gasteiger partial charge in [-0.3, -0.25) is 9.59 Å². The molecule has 3 unspecified atom stereocenters. The number of carbonyl (C=O) groups is 2. The third-order valence-electron chi connectivity index (χ3n) is 12.5. The molecule has 390 valence electrons. The zero-order valence-electron chi connectivity index (χ0n) is 44.5. The quantitative estimate of drug-likeness (QED) is 0.0244. The second-order valence-electron chi connectivity index (χ2n) is 19.0. The van der Waals surface area contributed by atoms with Crippen molar-refractivity contribution in [3.8, 4) is 0 Å². The van der Waals surface area contributed by atoms with E-state index in [9.17, 15) is 19.8 Å². The SMILES string of the molecule is CC/C=C/C/C=C/C/C=C/C/C=C/C/C=C/CCC(=O)OC(CCCCC/C=C/C=C/C=C/CCCCCCC)CC(=O)NC(CO)C(O)CCCCCCCCCCCCCCCCCCC.